The molecule has 0 aliphatic carbocycles. The normalized spacial score (nSPS) is 9.81. The van der Waals surface area contributed by atoms with Gasteiger partial charge >= 0.3 is 0 Å². The Morgan fingerprint density at radius 2 is 2.19 bits per heavy atom. The number of hydrogen-bond acceptors (Lipinski definition) is 5. The first-order valence-electron chi connectivity index (χ1n) is 4.51. The highest BCUT2D eigenvalue weighted by molar-refractivity contribution is 5.81. The molecule has 0 spiro atoms. The molecule has 0 heterocycles. The molecule has 86 valence electrons. The number of ketones is 1. The van der Waals surface area contributed by atoms with Crippen LogP contribution in [0.5, 0.6) is 5.75 Å². The molecule has 0 bridgehead atoms. The maximum Gasteiger partial charge on any atom is 0.273 e. The summed E-state index contributed by atoms with van der Waals surface area (Å²) in [6, 6.07) is 5.66. The van der Waals surface area contributed by atoms with E-state index in [4.69, 9.17) is 4.74 Å². The molecule has 1 aromatic rings. The van der Waals surface area contributed by atoms with E-state index in [0.29, 0.717) is 5.75 Å². The molecule has 0 fully saturated rings. The summed E-state index contributed by atoms with van der Waals surface area (Å²) in [5.74, 6) is 0.0626. The van der Waals surface area contributed by atoms with Crippen molar-refractivity contribution in [3.05, 3.63) is 34.4 Å². The summed E-state index contributed by atoms with van der Waals surface area (Å²) in [5.41, 5.74) is -0.0725. The molecule has 0 N–H and O–H groups in total. The van der Waals surface area contributed by atoms with Crippen molar-refractivity contribution in [2.24, 2.45) is 0 Å². The molecule has 16 heavy (non-hydrogen) atoms. The number of Topliss-reactive ketones (excluding diaryl/α,β-unsaturated/α-hetero) is 1. The molecule has 6 nitrogen and oxygen atoms in total. The number of benzene rings is 1. The van der Waals surface area contributed by atoms with Gasteiger partial charge in [0.2, 0.25) is 0 Å². The van der Waals surface area contributed by atoms with Gasteiger partial charge in [0, 0.05) is 13.2 Å². The molecular formula is C10H11NO5. The van der Waals surface area contributed by atoms with Gasteiger partial charge in [-0.3, -0.25) is 14.9 Å². The molecular weight excluding hydrogens is 214 g/mol. The number of nitro groups is 1. The van der Waals surface area contributed by atoms with Crippen molar-refractivity contribution in [3.8, 4) is 5.75 Å². The minimum Gasteiger partial charge on any atom is -0.485 e. The Kier molecular flexibility index (Phi) is 4.41. The Bertz CT molecular complexity index is 391. The average molecular weight is 225 g/mol. The van der Waals surface area contributed by atoms with E-state index in [1.54, 1.807) is 6.07 Å². The highest BCUT2D eigenvalue weighted by Gasteiger charge is 2.07. The van der Waals surface area contributed by atoms with E-state index in [-0.39, 0.29) is 24.7 Å². The Balaban J connectivity index is 2.57. The van der Waals surface area contributed by atoms with Crippen LogP contribution in [-0.4, -0.2) is 31.0 Å². The van der Waals surface area contributed by atoms with Crippen LogP contribution in [0.1, 0.15) is 0 Å². The summed E-state index contributed by atoms with van der Waals surface area (Å²) in [6.07, 6.45) is 0. The monoisotopic (exact) mass is 225 g/mol. The molecule has 0 unspecified atom stereocenters. The number of nitro benzene ring substituents is 1. The second-order valence-corrected chi connectivity index (χ2v) is 3.01. The Labute approximate surface area is 91.9 Å². The first kappa shape index (κ1) is 12.1. The van der Waals surface area contributed by atoms with Crippen LogP contribution in [-0.2, 0) is 9.53 Å². The number of nitrogens with zero attached hydrogens (tertiary/aromatic N) is 1. The summed E-state index contributed by atoms with van der Waals surface area (Å²) in [5, 5.41) is 10.5. The van der Waals surface area contributed by atoms with E-state index in [2.05, 4.69) is 4.74 Å². The number of non-ortho nitro benzene ring substituents is 1. The fourth-order valence-corrected chi connectivity index (χ4v) is 1.05. The van der Waals surface area contributed by atoms with E-state index in [9.17, 15) is 14.9 Å². The van der Waals surface area contributed by atoms with Gasteiger partial charge in [0.1, 0.15) is 19.0 Å². The molecule has 0 aliphatic rings. The third-order valence-electron chi connectivity index (χ3n) is 1.73. The first-order chi connectivity index (χ1) is 7.63. The molecule has 0 atom stereocenters. The average Bonchev–Trinajstić information content (AvgIpc) is 2.27. The summed E-state index contributed by atoms with van der Waals surface area (Å²) < 4.78 is 9.69. The van der Waals surface area contributed by atoms with Crippen molar-refractivity contribution >= 4 is 11.5 Å². The minimum absolute atomic E-state index is 0.0328. The summed E-state index contributed by atoms with van der Waals surface area (Å²) in [4.78, 5) is 21.0. The van der Waals surface area contributed by atoms with Crippen LogP contribution in [0, 0.1) is 10.1 Å². The highest BCUT2D eigenvalue weighted by Crippen LogP contribution is 2.18. The predicted molar refractivity (Wildman–Crippen MR) is 55.5 cm³/mol. The van der Waals surface area contributed by atoms with E-state index < -0.39 is 4.92 Å². The molecule has 6 heteroatoms. The maximum atomic E-state index is 11.1. The van der Waals surface area contributed by atoms with Crippen LogP contribution >= 0.6 is 0 Å². The SMILES string of the molecule is COCC(=O)COc1cccc([N+](=O)[O-])c1. The summed E-state index contributed by atoms with van der Waals surface area (Å²) >= 11 is 0. The smallest absolute Gasteiger partial charge is 0.273 e. The van der Waals surface area contributed by atoms with E-state index >= 15 is 0 Å². The van der Waals surface area contributed by atoms with Crippen LogP contribution in [0.3, 0.4) is 0 Å². The molecule has 0 aromatic heterocycles. The van der Waals surface area contributed by atoms with Crippen molar-refractivity contribution < 1.29 is 19.2 Å². The lowest BCUT2D eigenvalue weighted by molar-refractivity contribution is -0.384. The Morgan fingerprint density at radius 3 is 2.81 bits per heavy atom. The van der Waals surface area contributed by atoms with Crippen LogP contribution < -0.4 is 4.74 Å². The van der Waals surface area contributed by atoms with Crippen LogP contribution in [0.15, 0.2) is 24.3 Å². The number of hydrogen-bond donors (Lipinski definition) is 0. The largest absolute Gasteiger partial charge is 0.485 e. The zero-order valence-corrected chi connectivity index (χ0v) is 8.71. The lowest BCUT2D eigenvalue weighted by Crippen LogP contribution is -2.16. The van der Waals surface area contributed by atoms with Gasteiger partial charge in [-0.1, -0.05) is 6.07 Å². The van der Waals surface area contributed by atoms with Crippen LogP contribution in [0.25, 0.3) is 0 Å². The summed E-state index contributed by atoms with van der Waals surface area (Å²) in [7, 11) is 1.41. The molecule has 0 saturated heterocycles. The maximum absolute atomic E-state index is 11.1. The van der Waals surface area contributed by atoms with Crippen molar-refractivity contribution in [1.82, 2.24) is 0 Å². The second kappa shape index (κ2) is 5.82. The molecule has 0 amide bonds. The fourth-order valence-electron chi connectivity index (χ4n) is 1.05. The molecule has 1 aromatic carbocycles. The lowest BCUT2D eigenvalue weighted by Gasteiger charge is -2.04. The van der Waals surface area contributed by atoms with Crippen molar-refractivity contribution in [1.29, 1.82) is 0 Å². The molecule has 0 radical (unpaired) electrons. The predicted octanol–water partition coefficient (Wildman–Crippen LogP) is 1.19. The first-order valence-corrected chi connectivity index (χ1v) is 4.51. The van der Waals surface area contributed by atoms with Gasteiger partial charge in [0.25, 0.3) is 5.69 Å². The van der Waals surface area contributed by atoms with Crippen molar-refractivity contribution in [2.75, 3.05) is 20.3 Å². The van der Waals surface area contributed by atoms with Gasteiger partial charge < -0.3 is 9.47 Å². The summed E-state index contributed by atoms with van der Waals surface area (Å²) in [6.45, 7) is -0.191. The minimum atomic E-state index is -0.524. The molecule has 1 rings (SSSR count). The van der Waals surface area contributed by atoms with E-state index in [1.807, 2.05) is 0 Å². The van der Waals surface area contributed by atoms with Gasteiger partial charge in [-0.25, -0.2) is 0 Å². The molecule has 0 aliphatic heterocycles. The number of carbonyl (C=O) groups is 1. The highest BCUT2D eigenvalue weighted by atomic mass is 16.6. The van der Waals surface area contributed by atoms with E-state index in [0.717, 1.165) is 0 Å². The standard InChI is InChI=1S/C10H11NO5/c1-15-6-9(12)7-16-10-4-2-3-8(5-10)11(13)14/h2-5H,6-7H2,1H3. The third kappa shape index (κ3) is 3.66. The van der Waals surface area contributed by atoms with Crippen molar-refractivity contribution in [2.45, 2.75) is 0 Å². The Hall–Kier alpha value is -1.95. The lowest BCUT2D eigenvalue weighted by atomic mass is 10.3. The zero-order valence-electron chi connectivity index (χ0n) is 8.71. The van der Waals surface area contributed by atoms with Crippen molar-refractivity contribution in [3.63, 3.8) is 0 Å². The Morgan fingerprint density at radius 1 is 1.44 bits per heavy atom. The number of ether oxygens (including phenoxy) is 2. The van der Waals surface area contributed by atoms with Crippen LogP contribution in [0.4, 0.5) is 5.69 Å². The fraction of sp³-hybridized carbons (Fsp3) is 0.300. The van der Waals surface area contributed by atoms with Crippen LogP contribution in [0.2, 0.25) is 0 Å². The zero-order chi connectivity index (χ0) is 12.0. The van der Waals surface area contributed by atoms with Gasteiger partial charge in [0.15, 0.2) is 5.78 Å². The van der Waals surface area contributed by atoms with Gasteiger partial charge in [-0.05, 0) is 6.07 Å². The number of carbonyl (C=O) groups excluding carboxylic acids is 1. The number of rotatable bonds is 6. The molecule has 0 saturated carbocycles. The van der Waals surface area contributed by atoms with Gasteiger partial charge in [-0.2, -0.15) is 0 Å². The van der Waals surface area contributed by atoms with E-state index in [1.165, 1.54) is 25.3 Å². The quantitative estimate of drug-likeness (QED) is 0.536. The second-order valence-electron chi connectivity index (χ2n) is 3.01. The van der Waals surface area contributed by atoms with Gasteiger partial charge in [0.05, 0.1) is 11.0 Å². The topological polar surface area (TPSA) is 78.7 Å². The third-order valence-corrected chi connectivity index (χ3v) is 1.73. The van der Waals surface area contributed by atoms with Gasteiger partial charge in [-0.15, -0.1) is 0 Å². The number of methoxy groups -OCH3 is 1.